The van der Waals surface area contributed by atoms with Gasteiger partial charge < -0.3 is 0 Å². The van der Waals surface area contributed by atoms with E-state index in [2.05, 4.69) is 29.4 Å². The van der Waals surface area contributed by atoms with Gasteiger partial charge in [-0.3, -0.25) is 15.5 Å². The first kappa shape index (κ1) is 15.8. The lowest BCUT2D eigenvalue weighted by atomic mass is 10.00. The highest BCUT2D eigenvalue weighted by molar-refractivity contribution is 5.59. The maximum absolute atomic E-state index is 11.4. The molecule has 0 spiro atoms. The molecule has 2 heterocycles. The first-order valence-corrected chi connectivity index (χ1v) is 7.72. The quantitative estimate of drug-likeness (QED) is 0.667. The Morgan fingerprint density at radius 1 is 1.38 bits per heavy atom. The van der Waals surface area contributed by atoms with Crippen molar-refractivity contribution in [3.05, 3.63) is 15.8 Å². The number of nitrogens with zero attached hydrogens (tertiary/aromatic N) is 4. The molecular weight excluding hydrogens is 270 g/mol. The molecule has 1 N–H and O–H groups in total. The molecule has 0 bridgehead atoms. The maximum Gasteiger partial charge on any atom is 0.335 e. The van der Waals surface area contributed by atoms with Crippen molar-refractivity contribution in [2.75, 3.05) is 5.43 Å². The standard InChI is InChI=1S/C14H25N5O2/c1-5-9-17-14(13(19(20)21)12(4)15-17)16-18-10(2)7-6-8-11(18)3/h10-11,16H,5-9H2,1-4H3. The van der Waals surface area contributed by atoms with Crippen molar-refractivity contribution in [3.8, 4) is 0 Å². The average molecular weight is 295 g/mol. The van der Waals surface area contributed by atoms with Gasteiger partial charge in [0.25, 0.3) is 0 Å². The molecule has 7 nitrogen and oxygen atoms in total. The summed E-state index contributed by atoms with van der Waals surface area (Å²) in [6.07, 6.45) is 4.30. The van der Waals surface area contributed by atoms with Crippen molar-refractivity contribution in [1.82, 2.24) is 14.8 Å². The van der Waals surface area contributed by atoms with Gasteiger partial charge in [0.1, 0.15) is 5.69 Å². The first-order chi connectivity index (χ1) is 9.95. The van der Waals surface area contributed by atoms with Gasteiger partial charge in [-0.2, -0.15) is 5.10 Å². The topological polar surface area (TPSA) is 76.2 Å². The third-order valence-electron chi connectivity index (χ3n) is 4.14. The van der Waals surface area contributed by atoms with Crippen LogP contribution in [0.2, 0.25) is 0 Å². The van der Waals surface area contributed by atoms with E-state index in [0.29, 0.717) is 30.1 Å². The summed E-state index contributed by atoms with van der Waals surface area (Å²) < 4.78 is 1.72. The summed E-state index contributed by atoms with van der Waals surface area (Å²) >= 11 is 0. The molecule has 2 atom stereocenters. The largest absolute Gasteiger partial charge is 0.335 e. The fourth-order valence-electron chi connectivity index (χ4n) is 3.04. The third kappa shape index (κ3) is 3.18. The second-order valence-electron chi connectivity index (χ2n) is 5.91. The van der Waals surface area contributed by atoms with Crippen molar-refractivity contribution in [3.63, 3.8) is 0 Å². The predicted molar refractivity (Wildman–Crippen MR) is 82.1 cm³/mol. The smallest absolute Gasteiger partial charge is 0.297 e. The lowest BCUT2D eigenvalue weighted by Gasteiger charge is -2.39. The van der Waals surface area contributed by atoms with E-state index < -0.39 is 0 Å². The number of nitro groups is 1. The van der Waals surface area contributed by atoms with Crippen LogP contribution in [0.1, 0.15) is 52.1 Å². The molecule has 1 saturated heterocycles. The molecule has 2 rings (SSSR count). The molecule has 0 aromatic carbocycles. The van der Waals surface area contributed by atoms with E-state index >= 15 is 0 Å². The fraction of sp³-hybridized carbons (Fsp3) is 0.786. The van der Waals surface area contributed by atoms with Crippen molar-refractivity contribution < 1.29 is 4.92 Å². The van der Waals surface area contributed by atoms with Crippen LogP contribution in [0, 0.1) is 17.0 Å². The maximum atomic E-state index is 11.4. The highest BCUT2D eigenvalue weighted by atomic mass is 16.6. The van der Waals surface area contributed by atoms with Crippen LogP contribution >= 0.6 is 0 Å². The Labute approximate surface area is 125 Å². The Kier molecular flexibility index (Phi) is 4.82. The number of nitrogens with one attached hydrogen (secondary N) is 1. The Morgan fingerprint density at radius 3 is 2.52 bits per heavy atom. The summed E-state index contributed by atoms with van der Waals surface area (Å²) in [5.41, 5.74) is 3.85. The second kappa shape index (κ2) is 6.43. The highest BCUT2D eigenvalue weighted by Crippen LogP contribution is 2.31. The number of rotatable bonds is 5. The van der Waals surface area contributed by atoms with Gasteiger partial charge in [-0.1, -0.05) is 13.3 Å². The number of hydrogen-bond acceptors (Lipinski definition) is 5. The molecule has 21 heavy (non-hydrogen) atoms. The molecule has 1 aliphatic rings. The SMILES string of the molecule is CCCn1nc(C)c([N+](=O)[O-])c1NN1C(C)CCCC1C. The van der Waals surface area contributed by atoms with Gasteiger partial charge in [-0.25, -0.2) is 9.69 Å². The summed E-state index contributed by atoms with van der Waals surface area (Å²) in [5.74, 6) is 0.514. The van der Waals surface area contributed by atoms with Crippen LogP contribution in [-0.2, 0) is 6.54 Å². The minimum Gasteiger partial charge on any atom is -0.297 e. The van der Waals surface area contributed by atoms with Crippen LogP contribution in [0.4, 0.5) is 11.5 Å². The molecule has 0 saturated carbocycles. The van der Waals surface area contributed by atoms with Crippen molar-refractivity contribution in [1.29, 1.82) is 0 Å². The van der Waals surface area contributed by atoms with E-state index in [1.54, 1.807) is 11.6 Å². The Balaban J connectivity index is 2.34. The summed E-state index contributed by atoms with van der Waals surface area (Å²) in [4.78, 5) is 11.0. The normalized spacial score (nSPS) is 23.2. The number of aromatic nitrogens is 2. The van der Waals surface area contributed by atoms with E-state index in [9.17, 15) is 10.1 Å². The van der Waals surface area contributed by atoms with E-state index in [4.69, 9.17) is 0 Å². The Hall–Kier alpha value is -1.63. The van der Waals surface area contributed by atoms with Crippen molar-refractivity contribution in [2.24, 2.45) is 0 Å². The van der Waals surface area contributed by atoms with Gasteiger partial charge >= 0.3 is 5.69 Å². The number of piperidine rings is 1. The molecule has 1 aromatic rings. The lowest BCUT2D eigenvalue weighted by molar-refractivity contribution is -0.384. The molecule has 0 radical (unpaired) electrons. The van der Waals surface area contributed by atoms with Crippen LogP contribution in [0.15, 0.2) is 0 Å². The van der Waals surface area contributed by atoms with E-state index in [0.717, 1.165) is 19.3 Å². The zero-order valence-corrected chi connectivity index (χ0v) is 13.3. The van der Waals surface area contributed by atoms with Crippen LogP contribution in [0.5, 0.6) is 0 Å². The molecule has 1 aromatic heterocycles. The summed E-state index contributed by atoms with van der Waals surface area (Å²) in [7, 11) is 0. The van der Waals surface area contributed by atoms with E-state index in [1.807, 2.05) is 6.92 Å². The van der Waals surface area contributed by atoms with Gasteiger partial charge in [0.15, 0.2) is 0 Å². The third-order valence-corrected chi connectivity index (χ3v) is 4.14. The fourth-order valence-corrected chi connectivity index (χ4v) is 3.04. The van der Waals surface area contributed by atoms with E-state index in [1.165, 1.54) is 6.42 Å². The predicted octanol–water partition coefficient (Wildman–Crippen LogP) is 3.10. The molecule has 7 heteroatoms. The number of hydrazine groups is 1. The van der Waals surface area contributed by atoms with Crippen molar-refractivity contribution in [2.45, 2.75) is 72.0 Å². The monoisotopic (exact) mass is 295 g/mol. The minimum atomic E-state index is -0.337. The van der Waals surface area contributed by atoms with Crippen LogP contribution < -0.4 is 5.43 Å². The van der Waals surface area contributed by atoms with Crippen LogP contribution in [0.25, 0.3) is 0 Å². The zero-order valence-electron chi connectivity index (χ0n) is 13.3. The zero-order chi connectivity index (χ0) is 15.6. The first-order valence-electron chi connectivity index (χ1n) is 7.72. The van der Waals surface area contributed by atoms with Crippen molar-refractivity contribution >= 4 is 11.5 Å². The van der Waals surface area contributed by atoms with Crippen LogP contribution in [-0.4, -0.2) is 31.8 Å². The summed E-state index contributed by atoms with van der Waals surface area (Å²) in [5, 5.41) is 17.8. The Bertz CT molecular complexity index is 504. The van der Waals surface area contributed by atoms with Gasteiger partial charge in [-0.05, 0) is 40.0 Å². The number of hydrogen-bond donors (Lipinski definition) is 1. The molecule has 0 amide bonds. The lowest BCUT2D eigenvalue weighted by Crippen LogP contribution is -2.47. The average Bonchev–Trinajstić information content (AvgIpc) is 2.70. The minimum absolute atomic E-state index is 0.0911. The highest BCUT2D eigenvalue weighted by Gasteiger charge is 2.31. The van der Waals surface area contributed by atoms with Gasteiger partial charge in [0.2, 0.25) is 5.82 Å². The van der Waals surface area contributed by atoms with Crippen LogP contribution in [0.3, 0.4) is 0 Å². The second-order valence-corrected chi connectivity index (χ2v) is 5.91. The molecular formula is C14H25N5O2. The number of aryl methyl sites for hydroxylation is 2. The number of anilines is 1. The molecule has 2 unspecified atom stereocenters. The van der Waals surface area contributed by atoms with Gasteiger partial charge in [-0.15, -0.1) is 0 Å². The van der Waals surface area contributed by atoms with Gasteiger partial charge in [0.05, 0.1) is 4.92 Å². The molecule has 118 valence electrons. The summed E-state index contributed by atoms with van der Waals surface area (Å²) in [6, 6.07) is 0.720. The summed E-state index contributed by atoms with van der Waals surface area (Å²) in [6.45, 7) is 8.72. The van der Waals surface area contributed by atoms with E-state index in [-0.39, 0.29) is 10.6 Å². The molecule has 1 fully saturated rings. The molecule has 0 aliphatic carbocycles. The molecule has 1 aliphatic heterocycles. The van der Waals surface area contributed by atoms with Gasteiger partial charge in [0, 0.05) is 18.6 Å². The Morgan fingerprint density at radius 2 is 2.00 bits per heavy atom.